The highest BCUT2D eigenvalue weighted by molar-refractivity contribution is 7.92. The van der Waals surface area contributed by atoms with Crippen LogP contribution in [0.5, 0.6) is 0 Å². The van der Waals surface area contributed by atoms with Crippen LogP contribution in [0.1, 0.15) is 19.8 Å². The zero-order valence-corrected chi connectivity index (χ0v) is 12.0. The van der Waals surface area contributed by atoms with E-state index in [1.165, 1.54) is 12.1 Å². The van der Waals surface area contributed by atoms with Gasteiger partial charge in [-0.05, 0) is 18.6 Å². The normalized spacial score (nSPS) is 26.6. The van der Waals surface area contributed by atoms with Crippen LogP contribution in [-0.2, 0) is 9.84 Å². The number of rotatable bonds is 4. The first-order valence-electron chi connectivity index (χ1n) is 6.49. The highest BCUT2D eigenvalue weighted by atomic mass is 32.2. The van der Waals surface area contributed by atoms with E-state index in [0.717, 1.165) is 0 Å². The summed E-state index contributed by atoms with van der Waals surface area (Å²) in [6, 6.07) is 7.23. The lowest BCUT2D eigenvalue weighted by Gasteiger charge is -2.19. The number of nitro groups is 1. The van der Waals surface area contributed by atoms with Crippen LogP contribution in [0.15, 0.2) is 47.4 Å². The molecule has 1 fully saturated rings. The third-order valence-corrected chi connectivity index (χ3v) is 6.19. The Morgan fingerprint density at radius 3 is 2.45 bits per heavy atom. The average molecular weight is 295 g/mol. The van der Waals surface area contributed by atoms with Gasteiger partial charge in [-0.3, -0.25) is 10.1 Å². The van der Waals surface area contributed by atoms with Crippen molar-refractivity contribution in [2.24, 2.45) is 5.92 Å². The maximum absolute atomic E-state index is 12.7. The van der Waals surface area contributed by atoms with E-state index in [0.29, 0.717) is 12.0 Å². The largest absolute Gasteiger partial charge is 0.264 e. The molecule has 108 valence electrons. The number of hydrogen-bond donors (Lipinski definition) is 0. The zero-order chi connectivity index (χ0) is 14.9. The molecule has 0 radical (unpaired) electrons. The summed E-state index contributed by atoms with van der Waals surface area (Å²) in [5, 5.41) is 10.2. The van der Waals surface area contributed by atoms with Gasteiger partial charge in [-0.2, -0.15) is 0 Å². The molecule has 0 N–H and O–H groups in total. The Morgan fingerprint density at radius 2 is 1.95 bits per heavy atom. The first-order valence-corrected chi connectivity index (χ1v) is 8.04. The van der Waals surface area contributed by atoms with Crippen molar-refractivity contribution in [1.29, 1.82) is 0 Å². The van der Waals surface area contributed by atoms with Crippen molar-refractivity contribution < 1.29 is 13.3 Å². The van der Waals surface area contributed by atoms with Crippen molar-refractivity contribution >= 4 is 9.84 Å². The minimum Gasteiger partial charge on any atom is -0.264 e. The van der Waals surface area contributed by atoms with Gasteiger partial charge in [0.15, 0.2) is 9.84 Å². The average Bonchev–Trinajstić information content (AvgIpc) is 2.77. The molecule has 20 heavy (non-hydrogen) atoms. The summed E-state index contributed by atoms with van der Waals surface area (Å²) in [5.74, 6) is -0.511. The molecule has 2 rings (SSSR count). The summed E-state index contributed by atoms with van der Waals surface area (Å²) in [6.07, 6.45) is 0.587. The van der Waals surface area contributed by atoms with Crippen molar-refractivity contribution in [2.45, 2.75) is 36.0 Å². The van der Waals surface area contributed by atoms with E-state index in [-0.39, 0.29) is 16.2 Å². The summed E-state index contributed by atoms with van der Waals surface area (Å²) in [6.45, 7) is 5.56. The summed E-state index contributed by atoms with van der Waals surface area (Å²) >= 11 is 0. The van der Waals surface area contributed by atoms with E-state index in [4.69, 9.17) is 0 Å². The Labute approximate surface area is 118 Å². The van der Waals surface area contributed by atoms with E-state index in [1.807, 2.05) is 0 Å². The van der Waals surface area contributed by atoms with Crippen LogP contribution < -0.4 is 0 Å². The van der Waals surface area contributed by atoms with Crippen molar-refractivity contribution in [2.75, 3.05) is 0 Å². The van der Waals surface area contributed by atoms with Crippen molar-refractivity contribution in [3.8, 4) is 0 Å². The monoisotopic (exact) mass is 295 g/mol. The Balaban J connectivity index is 2.46. The molecule has 0 aromatic heterocycles. The van der Waals surface area contributed by atoms with Crippen LogP contribution in [0.4, 0.5) is 0 Å². The molecule has 1 aliphatic carbocycles. The fourth-order valence-electron chi connectivity index (χ4n) is 2.96. The van der Waals surface area contributed by atoms with Gasteiger partial charge in [-0.1, -0.05) is 37.3 Å². The number of benzene rings is 1. The first-order chi connectivity index (χ1) is 9.39. The zero-order valence-electron chi connectivity index (χ0n) is 11.2. The lowest BCUT2D eigenvalue weighted by atomic mass is 10.0. The third-order valence-electron chi connectivity index (χ3n) is 3.91. The Hall–Kier alpha value is -1.69. The van der Waals surface area contributed by atoms with Crippen LogP contribution in [-0.4, -0.2) is 24.6 Å². The maximum Gasteiger partial charge on any atom is 0.221 e. The lowest BCUT2D eigenvalue weighted by Crippen LogP contribution is -2.33. The molecule has 0 heterocycles. The van der Waals surface area contributed by atoms with E-state index >= 15 is 0 Å². The molecule has 0 unspecified atom stereocenters. The van der Waals surface area contributed by atoms with E-state index < -0.39 is 27.0 Å². The number of hydrogen-bond acceptors (Lipinski definition) is 4. The van der Waals surface area contributed by atoms with Gasteiger partial charge in [0.05, 0.1) is 10.1 Å². The predicted octanol–water partition coefficient (Wildman–Crippen LogP) is 2.46. The van der Waals surface area contributed by atoms with Gasteiger partial charge in [-0.25, -0.2) is 8.42 Å². The second-order valence-corrected chi connectivity index (χ2v) is 7.14. The van der Waals surface area contributed by atoms with Crippen LogP contribution in [0.2, 0.25) is 0 Å². The fraction of sp³-hybridized carbons (Fsp3) is 0.429. The van der Waals surface area contributed by atoms with Gasteiger partial charge < -0.3 is 0 Å². The molecular formula is C14H17NO4S. The SMILES string of the molecule is C=C1C[C@H]([N+](=O)[O-])[C@@H](CC)[C@@H]1S(=O)(=O)c1ccccc1. The Morgan fingerprint density at radius 1 is 1.35 bits per heavy atom. The number of sulfone groups is 1. The van der Waals surface area contributed by atoms with Gasteiger partial charge >= 0.3 is 0 Å². The molecule has 1 aliphatic rings. The van der Waals surface area contributed by atoms with Gasteiger partial charge in [0.1, 0.15) is 0 Å². The van der Waals surface area contributed by atoms with Gasteiger partial charge in [0.2, 0.25) is 6.04 Å². The van der Waals surface area contributed by atoms with Crippen molar-refractivity contribution in [1.82, 2.24) is 0 Å². The number of nitrogens with zero attached hydrogens (tertiary/aromatic N) is 1. The summed E-state index contributed by atoms with van der Waals surface area (Å²) in [4.78, 5) is 10.9. The molecule has 1 aromatic rings. The molecular weight excluding hydrogens is 278 g/mol. The maximum atomic E-state index is 12.7. The van der Waals surface area contributed by atoms with Gasteiger partial charge in [0.25, 0.3) is 0 Å². The lowest BCUT2D eigenvalue weighted by molar-refractivity contribution is -0.528. The van der Waals surface area contributed by atoms with Crippen LogP contribution >= 0.6 is 0 Å². The van der Waals surface area contributed by atoms with Gasteiger partial charge in [0, 0.05) is 17.3 Å². The molecule has 1 saturated carbocycles. The molecule has 1 aromatic carbocycles. The highest BCUT2D eigenvalue weighted by Crippen LogP contribution is 2.40. The first kappa shape index (κ1) is 14.7. The summed E-state index contributed by atoms with van der Waals surface area (Å²) in [5.41, 5.74) is 0.447. The molecule has 0 amide bonds. The topological polar surface area (TPSA) is 77.3 Å². The highest BCUT2D eigenvalue weighted by Gasteiger charge is 2.50. The summed E-state index contributed by atoms with van der Waals surface area (Å²) < 4.78 is 25.4. The molecule has 0 saturated heterocycles. The summed E-state index contributed by atoms with van der Waals surface area (Å²) in [7, 11) is -3.62. The van der Waals surface area contributed by atoms with Crippen molar-refractivity contribution in [3.63, 3.8) is 0 Å². The van der Waals surface area contributed by atoms with Crippen LogP contribution in [0.25, 0.3) is 0 Å². The molecule has 5 nitrogen and oxygen atoms in total. The molecule has 0 bridgehead atoms. The van der Waals surface area contributed by atoms with Crippen LogP contribution in [0.3, 0.4) is 0 Å². The second-order valence-electron chi connectivity index (χ2n) is 5.07. The third kappa shape index (κ3) is 2.35. The van der Waals surface area contributed by atoms with E-state index in [2.05, 4.69) is 6.58 Å². The minimum absolute atomic E-state index is 0.141. The second kappa shape index (κ2) is 5.36. The minimum atomic E-state index is -3.62. The molecule has 0 spiro atoms. The fourth-order valence-corrected chi connectivity index (χ4v) is 5.16. The smallest absolute Gasteiger partial charge is 0.221 e. The van der Waals surface area contributed by atoms with E-state index in [9.17, 15) is 18.5 Å². The van der Waals surface area contributed by atoms with Crippen molar-refractivity contribution in [3.05, 3.63) is 52.6 Å². The molecule has 6 heteroatoms. The standard InChI is InChI=1S/C14H17NO4S/c1-3-12-13(15(16)17)9-10(2)14(12)20(18,19)11-7-5-4-6-8-11/h4-8,12-14H,2-3,9H2,1H3/t12-,13+,14-/m1/s1. The predicted molar refractivity (Wildman–Crippen MR) is 75.7 cm³/mol. The van der Waals surface area contributed by atoms with Gasteiger partial charge in [-0.15, -0.1) is 0 Å². The van der Waals surface area contributed by atoms with E-state index in [1.54, 1.807) is 25.1 Å². The molecule has 0 aliphatic heterocycles. The Kier molecular flexibility index (Phi) is 3.94. The quantitative estimate of drug-likeness (QED) is 0.485. The molecule has 3 atom stereocenters. The van der Waals surface area contributed by atoms with Crippen LogP contribution in [0, 0.1) is 16.0 Å². The Bertz CT molecular complexity index is 624.